The van der Waals surface area contributed by atoms with Gasteiger partial charge in [-0.1, -0.05) is 29.3 Å². The number of fused-ring (bicyclic) bond motifs is 3. The molecule has 3 heterocycles. The second kappa shape index (κ2) is 7.12. The minimum absolute atomic E-state index is 0.0695. The third-order valence-electron chi connectivity index (χ3n) is 6.06. The van der Waals surface area contributed by atoms with Crippen LogP contribution in [0.15, 0.2) is 53.4 Å². The summed E-state index contributed by atoms with van der Waals surface area (Å²) < 4.78 is 29.1. The van der Waals surface area contributed by atoms with Crippen LogP contribution in [0.4, 0.5) is 5.69 Å². The highest BCUT2D eigenvalue weighted by atomic mass is 35.5. The molecular formula is C21H25ClN2O2S. The summed E-state index contributed by atoms with van der Waals surface area (Å²) in [7, 11) is -3.68. The minimum atomic E-state index is -3.68. The molecule has 6 heteroatoms. The normalized spacial score (nSPS) is 27.5. The largest absolute Gasteiger partial charge is 0.299 e. The molecule has 0 spiro atoms. The molecule has 3 saturated heterocycles. The SMILES string of the molecule is Cc1ccc(S(=O)(=O)N(c2ccc(Cl)cc2)C2C3CCN(CC3)C2C)cc1. The number of hydrogen-bond acceptors (Lipinski definition) is 3. The van der Waals surface area contributed by atoms with Gasteiger partial charge in [-0.2, -0.15) is 0 Å². The number of anilines is 1. The summed E-state index contributed by atoms with van der Waals surface area (Å²) in [5, 5.41) is 0.605. The second-order valence-corrected chi connectivity index (χ2v) is 9.95. The van der Waals surface area contributed by atoms with E-state index in [2.05, 4.69) is 11.8 Å². The molecule has 27 heavy (non-hydrogen) atoms. The molecular weight excluding hydrogens is 380 g/mol. The van der Waals surface area contributed by atoms with Crippen LogP contribution in [0.3, 0.4) is 0 Å². The lowest BCUT2D eigenvalue weighted by molar-refractivity contribution is 0.0400. The Morgan fingerprint density at radius 2 is 1.59 bits per heavy atom. The monoisotopic (exact) mass is 404 g/mol. The first-order chi connectivity index (χ1) is 12.9. The summed E-state index contributed by atoms with van der Waals surface area (Å²) in [6.07, 6.45) is 2.09. The molecule has 2 bridgehead atoms. The van der Waals surface area contributed by atoms with Crippen molar-refractivity contribution in [3.05, 3.63) is 59.1 Å². The Hall–Kier alpha value is -1.56. The van der Waals surface area contributed by atoms with Crippen molar-refractivity contribution < 1.29 is 8.42 Å². The maximum atomic E-state index is 13.7. The molecule has 2 unspecified atom stereocenters. The molecule has 0 saturated carbocycles. The minimum Gasteiger partial charge on any atom is -0.299 e. The Labute approximate surface area is 166 Å². The molecule has 2 atom stereocenters. The van der Waals surface area contributed by atoms with Crippen LogP contribution < -0.4 is 4.31 Å². The molecule has 3 aliphatic rings. The van der Waals surface area contributed by atoms with Gasteiger partial charge in [-0.25, -0.2) is 8.42 Å². The van der Waals surface area contributed by atoms with Gasteiger partial charge in [0, 0.05) is 11.1 Å². The lowest BCUT2D eigenvalue weighted by Crippen LogP contribution is -2.63. The van der Waals surface area contributed by atoms with E-state index in [0.29, 0.717) is 21.5 Å². The van der Waals surface area contributed by atoms with Crippen molar-refractivity contribution in [2.24, 2.45) is 5.92 Å². The van der Waals surface area contributed by atoms with Gasteiger partial charge < -0.3 is 0 Å². The number of sulfonamides is 1. The molecule has 3 fully saturated rings. The first-order valence-corrected chi connectivity index (χ1v) is 11.3. The first-order valence-electron chi connectivity index (χ1n) is 9.48. The van der Waals surface area contributed by atoms with E-state index in [0.717, 1.165) is 31.5 Å². The number of benzene rings is 2. The second-order valence-electron chi connectivity index (χ2n) is 7.69. The van der Waals surface area contributed by atoms with Gasteiger partial charge in [-0.05, 0) is 82.1 Å². The smallest absolute Gasteiger partial charge is 0.264 e. The average Bonchev–Trinajstić information content (AvgIpc) is 2.66. The van der Waals surface area contributed by atoms with Crippen LogP contribution in [0.5, 0.6) is 0 Å². The van der Waals surface area contributed by atoms with E-state index >= 15 is 0 Å². The van der Waals surface area contributed by atoms with Gasteiger partial charge in [0.25, 0.3) is 10.0 Å². The third-order valence-corrected chi connectivity index (χ3v) is 8.15. The Balaban J connectivity index is 1.83. The van der Waals surface area contributed by atoms with Gasteiger partial charge >= 0.3 is 0 Å². The van der Waals surface area contributed by atoms with Gasteiger partial charge in [0.2, 0.25) is 0 Å². The average molecular weight is 405 g/mol. The fraction of sp³-hybridized carbons (Fsp3) is 0.429. The number of hydrogen-bond donors (Lipinski definition) is 0. The molecule has 144 valence electrons. The van der Waals surface area contributed by atoms with Gasteiger partial charge in [0.05, 0.1) is 16.6 Å². The molecule has 0 radical (unpaired) electrons. The van der Waals surface area contributed by atoms with Crippen molar-refractivity contribution >= 4 is 27.3 Å². The molecule has 4 nitrogen and oxygen atoms in total. The van der Waals surface area contributed by atoms with Crippen molar-refractivity contribution in [1.82, 2.24) is 4.90 Å². The molecule has 2 aromatic carbocycles. The summed E-state index contributed by atoms with van der Waals surface area (Å²) in [6, 6.07) is 14.4. The van der Waals surface area contributed by atoms with Crippen LogP contribution in [-0.2, 0) is 10.0 Å². The van der Waals surface area contributed by atoms with E-state index in [1.54, 1.807) is 28.6 Å². The van der Waals surface area contributed by atoms with Crippen LogP contribution in [0.1, 0.15) is 25.3 Å². The van der Waals surface area contributed by atoms with Crippen LogP contribution in [-0.4, -0.2) is 38.5 Å². The molecule has 0 aromatic heterocycles. The number of piperidine rings is 3. The van der Waals surface area contributed by atoms with Crippen molar-refractivity contribution in [3.63, 3.8) is 0 Å². The van der Waals surface area contributed by atoms with E-state index in [1.807, 2.05) is 31.2 Å². The molecule has 3 aliphatic heterocycles. The summed E-state index contributed by atoms with van der Waals surface area (Å²) in [5.74, 6) is 0.376. The van der Waals surface area contributed by atoms with E-state index in [9.17, 15) is 8.42 Å². The van der Waals surface area contributed by atoms with Crippen LogP contribution in [0, 0.1) is 12.8 Å². The molecule has 0 amide bonds. The number of halogens is 1. The Morgan fingerprint density at radius 1 is 1.00 bits per heavy atom. The number of rotatable bonds is 4. The van der Waals surface area contributed by atoms with Crippen molar-refractivity contribution in [1.29, 1.82) is 0 Å². The van der Waals surface area contributed by atoms with Crippen molar-refractivity contribution in [3.8, 4) is 0 Å². The predicted octanol–water partition coefficient (Wildman–Crippen LogP) is 4.33. The van der Waals surface area contributed by atoms with Gasteiger partial charge in [0.15, 0.2) is 0 Å². The zero-order valence-corrected chi connectivity index (χ0v) is 17.2. The van der Waals surface area contributed by atoms with Gasteiger partial charge in [-0.3, -0.25) is 9.21 Å². The Morgan fingerprint density at radius 3 is 2.15 bits per heavy atom. The summed E-state index contributed by atoms with van der Waals surface area (Å²) >= 11 is 6.07. The van der Waals surface area contributed by atoms with E-state index in [4.69, 9.17) is 11.6 Å². The Bertz CT molecular complexity index is 902. The van der Waals surface area contributed by atoms with Gasteiger partial charge in [-0.15, -0.1) is 0 Å². The fourth-order valence-electron chi connectivity index (χ4n) is 4.55. The standard InChI is InChI=1S/C21H25ClN2O2S/c1-15-3-9-20(10-4-15)27(25,26)24(19-7-5-18(22)6-8-19)21-16(2)23-13-11-17(21)12-14-23/h3-10,16-17,21H,11-14H2,1-2H3. The number of aryl methyl sites for hydroxylation is 1. The molecule has 5 rings (SSSR count). The lowest BCUT2D eigenvalue weighted by Gasteiger charge is -2.53. The summed E-state index contributed by atoms with van der Waals surface area (Å²) in [5.41, 5.74) is 1.73. The topological polar surface area (TPSA) is 40.6 Å². The molecule has 0 aliphatic carbocycles. The van der Waals surface area contributed by atoms with Crippen molar-refractivity contribution in [2.75, 3.05) is 17.4 Å². The zero-order valence-electron chi connectivity index (χ0n) is 15.7. The third kappa shape index (κ3) is 3.37. The molecule has 2 aromatic rings. The highest BCUT2D eigenvalue weighted by Gasteiger charge is 2.46. The van der Waals surface area contributed by atoms with E-state index in [1.165, 1.54) is 0 Å². The summed E-state index contributed by atoms with van der Waals surface area (Å²) in [4.78, 5) is 2.75. The highest BCUT2D eigenvalue weighted by Crippen LogP contribution is 2.40. The van der Waals surface area contributed by atoms with Crippen LogP contribution in [0.2, 0.25) is 5.02 Å². The van der Waals surface area contributed by atoms with Gasteiger partial charge in [0.1, 0.15) is 0 Å². The van der Waals surface area contributed by atoms with Crippen molar-refractivity contribution in [2.45, 2.75) is 43.7 Å². The molecule has 0 N–H and O–H groups in total. The quantitative estimate of drug-likeness (QED) is 0.761. The maximum Gasteiger partial charge on any atom is 0.264 e. The number of nitrogens with zero attached hydrogens (tertiary/aromatic N) is 2. The predicted molar refractivity (Wildman–Crippen MR) is 110 cm³/mol. The van der Waals surface area contributed by atoms with E-state index < -0.39 is 10.0 Å². The summed E-state index contributed by atoms with van der Waals surface area (Å²) in [6.45, 7) is 6.23. The maximum absolute atomic E-state index is 13.7. The Kier molecular flexibility index (Phi) is 4.95. The fourth-order valence-corrected chi connectivity index (χ4v) is 6.45. The van der Waals surface area contributed by atoms with E-state index in [-0.39, 0.29) is 12.1 Å². The lowest BCUT2D eigenvalue weighted by atomic mass is 9.79. The first kappa shape index (κ1) is 18.8. The zero-order chi connectivity index (χ0) is 19.2. The van der Waals surface area contributed by atoms with Crippen LogP contribution in [0.25, 0.3) is 0 Å². The van der Waals surface area contributed by atoms with Crippen LogP contribution >= 0.6 is 11.6 Å². The highest BCUT2D eigenvalue weighted by molar-refractivity contribution is 7.92.